The second kappa shape index (κ2) is 7.71. The van der Waals surface area contributed by atoms with Crippen molar-refractivity contribution in [3.05, 3.63) is 18.5 Å². The highest BCUT2D eigenvalue weighted by Crippen LogP contribution is 2.16. The normalized spacial score (nSPS) is 12.0. The summed E-state index contributed by atoms with van der Waals surface area (Å²) in [5, 5.41) is 0.980. The van der Waals surface area contributed by atoms with Crippen molar-refractivity contribution < 1.29 is 14.2 Å². The Bertz CT molecular complexity index is 595. The minimum atomic E-state index is -1.05. The van der Waals surface area contributed by atoms with E-state index < -0.39 is 8.07 Å². The highest BCUT2D eigenvalue weighted by atomic mass is 28.3. The number of hydrogen-bond donors (Lipinski definition) is 0. The zero-order valence-corrected chi connectivity index (χ0v) is 14.8. The van der Waals surface area contributed by atoms with Crippen LogP contribution in [0.25, 0.3) is 11.0 Å². The Morgan fingerprint density at radius 1 is 1.18 bits per heavy atom. The van der Waals surface area contributed by atoms with Crippen molar-refractivity contribution in [3.8, 4) is 6.01 Å². The van der Waals surface area contributed by atoms with Crippen LogP contribution in [0.5, 0.6) is 6.01 Å². The average Bonchev–Trinajstić information content (AvgIpc) is 2.85. The van der Waals surface area contributed by atoms with Crippen molar-refractivity contribution in [1.82, 2.24) is 14.5 Å². The molecule has 0 aliphatic rings. The topological polar surface area (TPSA) is 58.4 Å². The first kappa shape index (κ1) is 16.9. The van der Waals surface area contributed by atoms with Gasteiger partial charge >= 0.3 is 6.01 Å². The molecule has 0 bridgehead atoms. The van der Waals surface area contributed by atoms with Gasteiger partial charge in [0.05, 0.1) is 6.61 Å². The maximum absolute atomic E-state index is 5.78. The molecular weight excluding hydrogens is 298 g/mol. The predicted molar refractivity (Wildman–Crippen MR) is 89.0 cm³/mol. The van der Waals surface area contributed by atoms with Gasteiger partial charge in [0.1, 0.15) is 19.0 Å². The van der Waals surface area contributed by atoms with Crippen LogP contribution in [0.2, 0.25) is 25.7 Å². The molecule has 0 N–H and O–H groups in total. The van der Waals surface area contributed by atoms with Gasteiger partial charge < -0.3 is 18.8 Å². The third kappa shape index (κ3) is 5.08. The summed E-state index contributed by atoms with van der Waals surface area (Å²) in [4.78, 5) is 8.62. The number of nitrogens with zero attached hydrogens (tertiary/aromatic N) is 3. The number of fused-ring (bicyclic) bond motifs is 1. The third-order valence-corrected chi connectivity index (χ3v) is 4.93. The van der Waals surface area contributed by atoms with E-state index in [0.717, 1.165) is 23.7 Å². The molecule has 0 radical (unpaired) electrons. The average molecular weight is 323 g/mol. The minimum absolute atomic E-state index is 0.367. The second-order valence-corrected chi connectivity index (χ2v) is 12.0. The molecule has 0 aliphatic heterocycles. The van der Waals surface area contributed by atoms with Crippen LogP contribution < -0.4 is 4.74 Å². The zero-order valence-electron chi connectivity index (χ0n) is 13.8. The first-order valence-corrected chi connectivity index (χ1v) is 11.2. The lowest BCUT2D eigenvalue weighted by Gasteiger charge is -2.15. The number of methoxy groups -OCH3 is 1. The van der Waals surface area contributed by atoms with Crippen LogP contribution in [0.15, 0.2) is 18.5 Å². The quantitative estimate of drug-likeness (QED) is 0.524. The van der Waals surface area contributed by atoms with Gasteiger partial charge in [-0.25, -0.2) is 4.98 Å². The molecule has 2 heterocycles. The fourth-order valence-electron chi connectivity index (χ4n) is 1.89. The Morgan fingerprint density at radius 3 is 2.73 bits per heavy atom. The summed E-state index contributed by atoms with van der Waals surface area (Å²) >= 11 is 0. The van der Waals surface area contributed by atoms with Crippen LogP contribution in [0.1, 0.15) is 0 Å². The highest BCUT2D eigenvalue weighted by molar-refractivity contribution is 6.76. The van der Waals surface area contributed by atoms with Crippen LogP contribution in [-0.4, -0.2) is 49.5 Å². The summed E-state index contributed by atoms with van der Waals surface area (Å²) in [7, 11) is 0.583. The summed E-state index contributed by atoms with van der Waals surface area (Å²) in [6.07, 6.45) is 3.73. The Labute approximate surface area is 132 Å². The van der Waals surface area contributed by atoms with Gasteiger partial charge in [0, 0.05) is 39.6 Å². The van der Waals surface area contributed by atoms with Crippen LogP contribution in [0, 0.1) is 0 Å². The number of hydrogen-bond acceptors (Lipinski definition) is 5. The molecule has 0 aliphatic carbocycles. The maximum Gasteiger partial charge on any atom is 0.318 e. The lowest BCUT2D eigenvalue weighted by Crippen LogP contribution is -2.22. The largest absolute Gasteiger partial charge is 0.461 e. The van der Waals surface area contributed by atoms with Crippen LogP contribution in [0.4, 0.5) is 0 Å². The zero-order chi connectivity index (χ0) is 16.0. The van der Waals surface area contributed by atoms with E-state index in [9.17, 15) is 0 Å². The van der Waals surface area contributed by atoms with Gasteiger partial charge in [0.2, 0.25) is 0 Å². The van der Waals surface area contributed by atoms with E-state index >= 15 is 0 Å². The second-order valence-electron chi connectivity index (χ2n) is 6.41. The molecule has 2 aromatic heterocycles. The summed E-state index contributed by atoms with van der Waals surface area (Å²) in [5.74, 6) is 0. The van der Waals surface area contributed by atoms with Crippen molar-refractivity contribution in [2.75, 3.05) is 26.9 Å². The molecule has 0 amide bonds. The van der Waals surface area contributed by atoms with Gasteiger partial charge in [-0.2, -0.15) is 4.98 Å². The lowest BCUT2D eigenvalue weighted by molar-refractivity contribution is 0.0897. The van der Waals surface area contributed by atoms with Gasteiger partial charge in [-0.3, -0.25) is 0 Å². The number of ether oxygens (including phenoxy) is 3. The molecule has 0 aromatic carbocycles. The van der Waals surface area contributed by atoms with Crippen molar-refractivity contribution in [3.63, 3.8) is 0 Å². The van der Waals surface area contributed by atoms with Gasteiger partial charge in [0.15, 0.2) is 0 Å². The van der Waals surface area contributed by atoms with Crippen molar-refractivity contribution in [2.45, 2.75) is 32.4 Å². The smallest absolute Gasteiger partial charge is 0.318 e. The fourth-order valence-corrected chi connectivity index (χ4v) is 2.64. The Morgan fingerprint density at radius 2 is 2.00 bits per heavy atom. The van der Waals surface area contributed by atoms with Gasteiger partial charge in [-0.15, -0.1) is 0 Å². The molecule has 2 aromatic rings. The maximum atomic E-state index is 5.78. The minimum Gasteiger partial charge on any atom is -0.461 e. The summed E-state index contributed by atoms with van der Waals surface area (Å²) in [5.41, 5.74) is 0.829. The summed E-state index contributed by atoms with van der Waals surface area (Å²) < 4.78 is 18.2. The molecule has 6 nitrogen and oxygen atoms in total. The fraction of sp³-hybridized carbons (Fsp3) is 0.600. The molecule has 0 saturated heterocycles. The Balaban J connectivity index is 1.96. The van der Waals surface area contributed by atoms with E-state index in [1.54, 1.807) is 13.3 Å². The standard InChI is InChI=1S/C15H25N3O3Si/c1-19-7-8-21-15-16-11-13-5-6-18(14(13)17-15)12-20-9-10-22(2,3)4/h5-6,11H,7-10,12H2,1-4H3. The molecule has 0 saturated carbocycles. The van der Waals surface area contributed by atoms with E-state index in [2.05, 4.69) is 29.6 Å². The molecule has 2 rings (SSSR count). The lowest BCUT2D eigenvalue weighted by atomic mass is 10.4. The Kier molecular flexibility index (Phi) is 5.93. The highest BCUT2D eigenvalue weighted by Gasteiger charge is 2.12. The van der Waals surface area contributed by atoms with E-state index in [1.807, 2.05) is 16.8 Å². The van der Waals surface area contributed by atoms with E-state index in [1.165, 1.54) is 0 Å². The molecule has 0 fully saturated rings. The SMILES string of the molecule is COCCOc1ncc2ccn(COCC[Si](C)(C)C)c2n1. The van der Waals surface area contributed by atoms with Crippen molar-refractivity contribution >= 4 is 19.1 Å². The molecule has 22 heavy (non-hydrogen) atoms. The third-order valence-electron chi connectivity index (χ3n) is 3.23. The van der Waals surface area contributed by atoms with Crippen LogP contribution >= 0.6 is 0 Å². The summed E-state index contributed by atoms with van der Waals surface area (Å²) in [6, 6.07) is 3.51. The van der Waals surface area contributed by atoms with Gasteiger partial charge in [0.25, 0.3) is 0 Å². The van der Waals surface area contributed by atoms with E-state index in [4.69, 9.17) is 14.2 Å². The number of rotatable bonds is 9. The van der Waals surface area contributed by atoms with Crippen molar-refractivity contribution in [2.24, 2.45) is 0 Å². The first-order chi connectivity index (χ1) is 10.5. The molecule has 0 atom stereocenters. The van der Waals surface area contributed by atoms with Gasteiger partial charge in [-0.1, -0.05) is 19.6 Å². The predicted octanol–water partition coefficient (Wildman–Crippen LogP) is 2.77. The molecule has 7 heteroatoms. The first-order valence-electron chi connectivity index (χ1n) is 7.51. The van der Waals surface area contributed by atoms with Gasteiger partial charge in [-0.05, 0) is 12.1 Å². The molecule has 0 unspecified atom stereocenters. The monoisotopic (exact) mass is 323 g/mol. The molecular formula is C15H25N3O3Si. The van der Waals surface area contributed by atoms with E-state index in [-0.39, 0.29) is 0 Å². The Hall–Kier alpha value is -1.44. The van der Waals surface area contributed by atoms with E-state index in [0.29, 0.717) is 26.0 Å². The summed E-state index contributed by atoms with van der Waals surface area (Å²) in [6.45, 7) is 9.28. The number of aromatic nitrogens is 3. The molecule has 0 spiro atoms. The van der Waals surface area contributed by atoms with Crippen molar-refractivity contribution in [1.29, 1.82) is 0 Å². The van der Waals surface area contributed by atoms with Crippen LogP contribution in [0.3, 0.4) is 0 Å². The van der Waals surface area contributed by atoms with Crippen LogP contribution in [-0.2, 0) is 16.2 Å². The molecule has 122 valence electrons.